The molecule has 0 aliphatic rings. The van der Waals surface area contributed by atoms with Gasteiger partial charge < -0.3 is 15.2 Å². The van der Waals surface area contributed by atoms with E-state index in [0.29, 0.717) is 13.0 Å². The van der Waals surface area contributed by atoms with Gasteiger partial charge in [-0.15, -0.1) is 0 Å². The fourth-order valence-corrected chi connectivity index (χ4v) is 2.53. The molecular weight excluding hydrogens is 337 g/mol. The summed E-state index contributed by atoms with van der Waals surface area (Å²) in [6.07, 6.45) is 0.655. The molecule has 0 unspecified atom stereocenters. The van der Waals surface area contributed by atoms with E-state index in [1.807, 2.05) is 24.3 Å². The lowest BCUT2D eigenvalue weighted by atomic mass is 10.1. The Balaban J connectivity index is 2.04. The van der Waals surface area contributed by atoms with Crippen molar-refractivity contribution in [2.75, 3.05) is 13.7 Å². The first-order chi connectivity index (χ1) is 10.1. The standard InChI is InChI=1S/C16H17BrFNO2/c1-20-15-4-3-12(8-13(15)17)10-21-16-5-2-11(6-7-19)9-14(16)18/h2-5,8-9H,6-7,10,19H2,1H3. The van der Waals surface area contributed by atoms with E-state index < -0.39 is 0 Å². The van der Waals surface area contributed by atoms with Crippen molar-refractivity contribution in [1.82, 2.24) is 0 Å². The molecule has 0 heterocycles. The summed E-state index contributed by atoms with van der Waals surface area (Å²) in [7, 11) is 1.61. The van der Waals surface area contributed by atoms with E-state index in [0.717, 1.165) is 21.3 Å². The number of nitrogens with two attached hydrogens (primary N) is 1. The van der Waals surface area contributed by atoms with Crippen molar-refractivity contribution in [1.29, 1.82) is 0 Å². The van der Waals surface area contributed by atoms with Crippen LogP contribution in [-0.4, -0.2) is 13.7 Å². The highest BCUT2D eigenvalue weighted by Gasteiger charge is 2.06. The van der Waals surface area contributed by atoms with Crippen LogP contribution in [0.25, 0.3) is 0 Å². The molecule has 0 saturated carbocycles. The average Bonchev–Trinajstić information content (AvgIpc) is 2.47. The first-order valence-corrected chi connectivity index (χ1v) is 7.37. The molecule has 0 radical (unpaired) electrons. The molecule has 0 aliphatic heterocycles. The highest BCUT2D eigenvalue weighted by atomic mass is 79.9. The van der Waals surface area contributed by atoms with Gasteiger partial charge in [-0.2, -0.15) is 0 Å². The van der Waals surface area contributed by atoms with Crippen molar-refractivity contribution in [2.45, 2.75) is 13.0 Å². The molecule has 2 N–H and O–H groups in total. The third kappa shape index (κ3) is 4.19. The van der Waals surface area contributed by atoms with Gasteiger partial charge in [-0.1, -0.05) is 12.1 Å². The molecule has 2 aromatic rings. The molecule has 2 aromatic carbocycles. The zero-order chi connectivity index (χ0) is 15.2. The molecule has 2 rings (SSSR count). The van der Waals surface area contributed by atoms with E-state index in [2.05, 4.69) is 15.9 Å². The molecule has 0 saturated heterocycles. The Labute approximate surface area is 132 Å². The highest BCUT2D eigenvalue weighted by molar-refractivity contribution is 9.10. The Morgan fingerprint density at radius 3 is 2.43 bits per heavy atom. The van der Waals surface area contributed by atoms with Gasteiger partial charge in [0.1, 0.15) is 12.4 Å². The third-order valence-corrected chi connectivity index (χ3v) is 3.66. The van der Waals surface area contributed by atoms with Gasteiger partial charge in [-0.05, 0) is 64.3 Å². The predicted octanol–water partition coefficient (Wildman–Crippen LogP) is 3.68. The smallest absolute Gasteiger partial charge is 0.165 e. The van der Waals surface area contributed by atoms with Gasteiger partial charge in [0.15, 0.2) is 11.6 Å². The summed E-state index contributed by atoms with van der Waals surface area (Å²) in [5.41, 5.74) is 7.25. The number of methoxy groups -OCH3 is 1. The van der Waals surface area contributed by atoms with E-state index in [9.17, 15) is 4.39 Å². The zero-order valence-electron chi connectivity index (χ0n) is 11.7. The Bertz CT molecular complexity index is 619. The minimum Gasteiger partial charge on any atom is -0.496 e. The average molecular weight is 354 g/mol. The Morgan fingerprint density at radius 1 is 1.10 bits per heavy atom. The van der Waals surface area contributed by atoms with Gasteiger partial charge in [-0.3, -0.25) is 0 Å². The normalized spacial score (nSPS) is 10.5. The van der Waals surface area contributed by atoms with E-state index in [4.69, 9.17) is 15.2 Å². The molecule has 3 nitrogen and oxygen atoms in total. The van der Waals surface area contributed by atoms with Crippen molar-refractivity contribution in [2.24, 2.45) is 5.73 Å². The predicted molar refractivity (Wildman–Crippen MR) is 84.2 cm³/mol. The van der Waals surface area contributed by atoms with Crippen molar-refractivity contribution in [3.8, 4) is 11.5 Å². The Morgan fingerprint density at radius 2 is 1.81 bits per heavy atom. The number of ether oxygens (including phenoxy) is 2. The highest BCUT2D eigenvalue weighted by Crippen LogP contribution is 2.26. The first-order valence-electron chi connectivity index (χ1n) is 6.57. The summed E-state index contributed by atoms with van der Waals surface area (Å²) in [6, 6.07) is 10.5. The van der Waals surface area contributed by atoms with Crippen LogP contribution in [0, 0.1) is 5.82 Å². The third-order valence-electron chi connectivity index (χ3n) is 3.04. The second-order valence-electron chi connectivity index (χ2n) is 4.56. The minimum absolute atomic E-state index is 0.239. The number of hydrogen-bond donors (Lipinski definition) is 1. The van der Waals surface area contributed by atoms with Crippen LogP contribution in [0.15, 0.2) is 40.9 Å². The van der Waals surface area contributed by atoms with Gasteiger partial charge in [0, 0.05) is 0 Å². The maximum atomic E-state index is 13.9. The molecule has 21 heavy (non-hydrogen) atoms. The summed E-state index contributed by atoms with van der Waals surface area (Å²) in [5.74, 6) is 0.618. The lowest BCUT2D eigenvalue weighted by Gasteiger charge is -2.10. The number of halogens is 2. The molecule has 0 amide bonds. The van der Waals surface area contributed by atoms with Crippen LogP contribution in [0.1, 0.15) is 11.1 Å². The van der Waals surface area contributed by atoms with Crippen LogP contribution in [0.2, 0.25) is 0 Å². The summed E-state index contributed by atoms with van der Waals surface area (Å²) < 4.78 is 25.4. The zero-order valence-corrected chi connectivity index (χ0v) is 13.3. The molecule has 0 spiro atoms. The van der Waals surface area contributed by atoms with Gasteiger partial charge in [0.2, 0.25) is 0 Å². The second kappa shape index (κ2) is 7.43. The molecule has 0 aliphatic carbocycles. The fourth-order valence-electron chi connectivity index (χ4n) is 1.94. The van der Waals surface area contributed by atoms with Gasteiger partial charge in [0.25, 0.3) is 0 Å². The van der Waals surface area contributed by atoms with E-state index in [1.165, 1.54) is 6.07 Å². The molecule has 112 valence electrons. The molecule has 0 fully saturated rings. The summed E-state index contributed by atoms with van der Waals surface area (Å²) in [4.78, 5) is 0. The molecule has 0 aromatic heterocycles. The summed E-state index contributed by atoms with van der Waals surface area (Å²) in [6.45, 7) is 0.787. The van der Waals surface area contributed by atoms with Crippen LogP contribution >= 0.6 is 15.9 Å². The lowest BCUT2D eigenvalue weighted by molar-refractivity contribution is 0.290. The number of hydrogen-bond acceptors (Lipinski definition) is 3. The van der Waals surface area contributed by atoms with Crippen LogP contribution in [0.4, 0.5) is 4.39 Å². The Kier molecular flexibility index (Phi) is 5.59. The Hall–Kier alpha value is -1.59. The monoisotopic (exact) mass is 353 g/mol. The molecule has 0 bridgehead atoms. The van der Waals surface area contributed by atoms with Crippen molar-refractivity contribution < 1.29 is 13.9 Å². The van der Waals surface area contributed by atoms with Gasteiger partial charge in [-0.25, -0.2) is 4.39 Å². The van der Waals surface area contributed by atoms with Crippen LogP contribution < -0.4 is 15.2 Å². The van der Waals surface area contributed by atoms with E-state index in [1.54, 1.807) is 13.2 Å². The van der Waals surface area contributed by atoms with Crippen LogP contribution in [0.5, 0.6) is 11.5 Å². The summed E-state index contributed by atoms with van der Waals surface area (Å²) >= 11 is 3.41. The second-order valence-corrected chi connectivity index (χ2v) is 5.42. The maximum Gasteiger partial charge on any atom is 0.165 e. The molecule has 0 atom stereocenters. The van der Waals surface area contributed by atoms with Gasteiger partial charge in [0.05, 0.1) is 11.6 Å². The quantitative estimate of drug-likeness (QED) is 0.861. The lowest BCUT2D eigenvalue weighted by Crippen LogP contribution is -2.03. The van der Waals surface area contributed by atoms with Gasteiger partial charge >= 0.3 is 0 Å². The summed E-state index contributed by atoms with van der Waals surface area (Å²) in [5, 5.41) is 0. The van der Waals surface area contributed by atoms with Crippen molar-refractivity contribution in [3.05, 3.63) is 57.8 Å². The number of rotatable bonds is 6. The van der Waals surface area contributed by atoms with E-state index in [-0.39, 0.29) is 18.2 Å². The minimum atomic E-state index is -0.367. The van der Waals surface area contributed by atoms with Crippen LogP contribution in [0.3, 0.4) is 0 Å². The van der Waals surface area contributed by atoms with Crippen molar-refractivity contribution >= 4 is 15.9 Å². The molecule has 5 heteroatoms. The maximum absolute atomic E-state index is 13.9. The SMILES string of the molecule is COc1ccc(COc2ccc(CCN)cc2F)cc1Br. The fraction of sp³-hybridized carbons (Fsp3) is 0.250. The number of benzene rings is 2. The van der Waals surface area contributed by atoms with E-state index >= 15 is 0 Å². The first kappa shape index (κ1) is 15.8. The topological polar surface area (TPSA) is 44.5 Å². The van der Waals surface area contributed by atoms with Crippen molar-refractivity contribution in [3.63, 3.8) is 0 Å². The largest absolute Gasteiger partial charge is 0.496 e. The molecular formula is C16H17BrFNO2. The van der Waals surface area contributed by atoms with Crippen LogP contribution in [-0.2, 0) is 13.0 Å².